The van der Waals surface area contributed by atoms with Gasteiger partial charge in [0.25, 0.3) is 5.91 Å². The summed E-state index contributed by atoms with van der Waals surface area (Å²) in [7, 11) is 1.20. The Morgan fingerprint density at radius 2 is 2.08 bits per heavy atom. The topological polar surface area (TPSA) is 136 Å². The number of allylic oxidation sites excluding steroid dienone is 4. The highest BCUT2D eigenvalue weighted by molar-refractivity contribution is 7.14. The lowest BCUT2D eigenvalue weighted by Gasteiger charge is -2.25. The van der Waals surface area contributed by atoms with Crippen LogP contribution in [0.1, 0.15) is 28.9 Å². The van der Waals surface area contributed by atoms with Crippen molar-refractivity contribution in [2.45, 2.75) is 31.3 Å². The molecule has 206 valence electrons. The van der Waals surface area contributed by atoms with Crippen LogP contribution < -0.4 is 10.6 Å². The van der Waals surface area contributed by atoms with Gasteiger partial charge in [0.2, 0.25) is 5.91 Å². The predicted molar refractivity (Wildman–Crippen MR) is 140 cm³/mol. The summed E-state index contributed by atoms with van der Waals surface area (Å²) >= 11 is 0.969. The largest absolute Gasteiger partial charge is 0.465 e. The summed E-state index contributed by atoms with van der Waals surface area (Å²) in [5.74, 6) is -2.19. The number of hydrogen-bond acceptors (Lipinski definition) is 9. The van der Waals surface area contributed by atoms with Crippen molar-refractivity contribution in [3.05, 3.63) is 94.6 Å². The first-order valence-electron chi connectivity index (χ1n) is 12.2. The lowest BCUT2D eigenvalue weighted by Crippen LogP contribution is -2.49. The average Bonchev–Trinajstić information content (AvgIpc) is 3.56. The number of carbonyl (C=O) groups is 4. The van der Waals surface area contributed by atoms with Crippen molar-refractivity contribution in [2.24, 2.45) is 0 Å². The van der Waals surface area contributed by atoms with Crippen molar-refractivity contribution in [1.82, 2.24) is 15.2 Å². The van der Waals surface area contributed by atoms with E-state index in [1.165, 1.54) is 49.3 Å². The SMILES string of the molecule is COC(=O)c1csc(NC(=O)[C@H](Cc2ccc(F)cc2)N2C(=O)N[C@H](C3=COC=C(C4=CC=CCC4)O3)C2=O)n1. The van der Waals surface area contributed by atoms with Crippen LogP contribution in [0, 0.1) is 5.82 Å². The van der Waals surface area contributed by atoms with Gasteiger partial charge in [-0.15, -0.1) is 11.3 Å². The smallest absolute Gasteiger partial charge is 0.357 e. The number of imide groups is 1. The van der Waals surface area contributed by atoms with Gasteiger partial charge in [0.1, 0.15) is 24.4 Å². The first-order valence-corrected chi connectivity index (χ1v) is 13.0. The van der Waals surface area contributed by atoms with Crippen LogP contribution in [-0.4, -0.2) is 52.9 Å². The van der Waals surface area contributed by atoms with E-state index >= 15 is 0 Å². The fourth-order valence-electron chi connectivity index (χ4n) is 4.26. The molecule has 0 saturated carbocycles. The molecule has 4 amide bonds. The van der Waals surface area contributed by atoms with Crippen LogP contribution in [0.2, 0.25) is 0 Å². The number of methoxy groups -OCH3 is 1. The molecular weight excluding hydrogens is 543 g/mol. The predicted octanol–water partition coefficient (Wildman–Crippen LogP) is 3.55. The van der Waals surface area contributed by atoms with Crippen LogP contribution in [0.15, 0.2) is 77.5 Å². The van der Waals surface area contributed by atoms with Crippen molar-refractivity contribution in [1.29, 1.82) is 0 Å². The molecule has 5 rings (SSSR count). The third-order valence-electron chi connectivity index (χ3n) is 6.26. The van der Waals surface area contributed by atoms with E-state index in [2.05, 4.69) is 20.4 Å². The second-order valence-corrected chi connectivity index (χ2v) is 9.71. The molecule has 0 radical (unpaired) electrons. The highest BCUT2D eigenvalue weighted by Crippen LogP contribution is 2.30. The number of carbonyl (C=O) groups excluding carboxylic acids is 4. The molecule has 2 aliphatic heterocycles. The number of ether oxygens (including phenoxy) is 3. The van der Waals surface area contributed by atoms with Gasteiger partial charge in [-0.25, -0.2) is 23.9 Å². The Morgan fingerprint density at radius 1 is 1.27 bits per heavy atom. The van der Waals surface area contributed by atoms with Crippen LogP contribution in [0.3, 0.4) is 0 Å². The molecule has 1 fully saturated rings. The van der Waals surface area contributed by atoms with Gasteiger partial charge in [-0.05, 0) is 36.1 Å². The average molecular weight is 567 g/mol. The van der Waals surface area contributed by atoms with E-state index in [4.69, 9.17) is 9.47 Å². The molecule has 0 bridgehead atoms. The summed E-state index contributed by atoms with van der Waals surface area (Å²) in [5.41, 5.74) is 1.35. The van der Waals surface area contributed by atoms with Crippen molar-refractivity contribution in [3.8, 4) is 0 Å². The van der Waals surface area contributed by atoms with Gasteiger partial charge in [0.15, 0.2) is 28.4 Å². The molecule has 3 aliphatic rings. The summed E-state index contributed by atoms with van der Waals surface area (Å²) in [6, 6.07) is 1.91. The zero-order valence-corrected chi connectivity index (χ0v) is 21.9. The minimum atomic E-state index is -1.35. The van der Waals surface area contributed by atoms with E-state index < -0.39 is 41.7 Å². The minimum absolute atomic E-state index is 0.0123. The van der Waals surface area contributed by atoms with Crippen molar-refractivity contribution >= 4 is 40.3 Å². The summed E-state index contributed by atoms with van der Waals surface area (Å²) in [5, 5.41) is 6.57. The van der Waals surface area contributed by atoms with Crippen molar-refractivity contribution < 1.29 is 37.8 Å². The molecule has 2 N–H and O–H groups in total. The van der Waals surface area contributed by atoms with E-state index in [0.29, 0.717) is 17.7 Å². The van der Waals surface area contributed by atoms with Gasteiger partial charge in [0.05, 0.1) is 7.11 Å². The summed E-state index contributed by atoms with van der Waals surface area (Å²) in [4.78, 5) is 56.7. The molecule has 1 aromatic carbocycles. The molecule has 0 spiro atoms. The van der Waals surface area contributed by atoms with E-state index in [-0.39, 0.29) is 23.0 Å². The first-order chi connectivity index (χ1) is 19.3. The Balaban J connectivity index is 1.38. The van der Waals surface area contributed by atoms with Crippen LogP contribution in [0.25, 0.3) is 0 Å². The number of anilines is 1. The molecule has 3 heterocycles. The van der Waals surface area contributed by atoms with Crippen LogP contribution in [0.4, 0.5) is 14.3 Å². The Hall–Kier alpha value is -4.78. The van der Waals surface area contributed by atoms with E-state index in [0.717, 1.165) is 28.2 Å². The number of thiazole rings is 1. The van der Waals surface area contributed by atoms with Gasteiger partial charge >= 0.3 is 12.0 Å². The lowest BCUT2D eigenvalue weighted by atomic mass is 10.0. The number of hydrogen-bond donors (Lipinski definition) is 2. The number of esters is 1. The molecule has 40 heavy (non-hydrogen) atoms. The van der Waals surface area contributed by atoms with E-state index in [9.17, 15) is 23.6 Å². The van der Waals surface area contributed by atoms with E-state index in [1.807, 2.05) is 18.2 Å². The normalized spacial score (nSPS) is 19.0. The van der Waals surface area contributed by atoms with Crippen LogP contribution in [-0.2, 0) is 30.2 Å². The standard InChI is InChI=1S/C27H23FN4O7S/c1-37-25(35)18-14-40-26(29-18)31-23(33)19(11-15-7-9-17(28)10-8-15)32-24(34)22(30-27(32)36)21-13-38-12-20(39-21)16-5-3-2-4-6-16/h2-3,5,7-10,12-14,19,22H,4,6,11H2,1H3,(H,30,36)(H,29,31,33)/t19-,22+/m0/s1. The quantitative estimate of drug-likeness (QED) is 0.366. The Labute approximate surface area is 231 Å². The minimum Gasteiger partial charge on any atom is -0.465 e. The zero-order valence-electron chi connectivity index (χ0n) is 21.1. The highest BCUT2D eigenvalue weighted by Gasteiger charge is 2.47. The molecule has 13 heteroatoms. The fourth-order valence-corrected chi connectivity index (χ4v) is 4.94. The van der Waals surface area contributed by atoms with Gasteiger partial charge in [-0.2, -0.15) is 0 Å². The molecule has 11 nitrogen and oxygen atoms in total. The van der Waals surface area contributed by atoms with Gasteiger partial charge in [-0.3, -0.25) is 9.59 Å². The highest BCUT2D eigenvalue weighted by atomic mass is 32.1. The Morgan fingerprint density at radius 3 is 2.80 bits per heavy atom. The summed E-state index contributed by atoms with van der Waals surface area (Å²) < 4.78 is 29.5. The Bertz CT molecular complexity index is 1480. The molecule has 1 saturated heterocycles. The number of halogens is 1. The molecule has 2 atom stereocenters. The van der Waals surface area contributed by atoms with Crippen molar-refractivity contribution in [2.75, 3.05) is 12.4 Å². The molecule has 1 aromatic heterocycles. The van der Waals surface area contributed by atoms with Gasteiger partial charge < -0.3 is 24.8 Å². The summed E-state index contributed by atoms with van der Waals surface area (Å²) in [6.07, 6.45) is 9.81. The number of nitrogens with one attached hydrogen (secondary N) is 2. The first kappa shape index (κ1) is 26.8. The van der Waals surface area contributed by atoms with Gasteiger partial charge in [-0.1, -0.05) is 30.4 Å². The van der Waals surface area contributed by atoms with Crippen LogP contribution >= 0.6 is 11.3 Å². The number of nitrogens with zero attached hydrogens (tertiary/aromatic N) is 2. The van der Waals surface area contributed by atoms with Crippen molar-refractivity contribution in [3.63, 3.8) is 0 Å². The maximum atomic E-state index is 13.6. The second kappa shape index (κ2) is 11.5. The maximum Gasteiger partial charge on any atom is 0.357 e. The zero-order chi connectivity index (χ0) is 28.2. The maximum absolute atomic E-state index is 13.6. The van der Waals surface area contributed by atoms with Crippen LogP contribution in [0.5, 0.6) is 0 Å². The number of aromatic nitrogens is 1. The third kappa shape index (κ3) is 5.64. The number of amides is 4. The fraction of sp³-hybridized carbons (Fsp3) is 0.222. The molecule has 1 aliphatic carbocycles. The number of urea groups is 1. The number of benzene rings is 1. The Kier molecular flexibility index (Phi) is 7.73. The molecule has 2 aromatic rings. The summed E-state index contributed by atoms with van der Waals surface area (Å²) in [6.45, 7) is 0. The third-order valence-corrected chi connectivity index (χ3v) is 7.02. The monoisotopic (exact) mass is 566 g/mol. The van der Waals surface area contributed by atoms with Gasteiger partial charge in [0, 0.05) is 11.8 Å². The second-order valence-electron chi connectivity index (χ2n) is 8.86. The molecule has 0 unspecified atom stereocenters. The molecular formula is C27H23FN4O7S. The van der Waals surface area contributed by atoms with E-state index in [1.54, 1.807) is 0 Å². The lowest BCUT2D eigenvalue weighted by molar-refractivity contribution is -0.134. The number of rotatable bonds is 8.